The molecule has 1 fully saturated rings. The predicted molar refractivity (Wildman–Crippen MR) is 95.7 cm³/mol. The molecule has 1 saturated heterocycles. The Morgan fingerprint density at radius 2 is 2.13 bits per heavy atom. The van der Waals surface area contributed by atoms with E-state index >= 15 is 0 Å². The fourth-order valence-electron chi connectivity index (χ4n) is 3.27. The third-order valence-electron chi connectivity index (χ3n) is 4.57. The van der Waals surface area contributed by atoms with Gasteiger partial charge in [-0.15, -0.1) is 10.2 Å². The van der Waals surface area contributed by atoms with Crippen LogP contribution in [0.25, 0.3) is 11.3 Å². The zero-order valence-corrected chi connectivity index (χ0v) is 14.3. The Hall–Kier alpha value is -1.94. The van der Waals surface area contributed by atoms with E-state index in [1.54, 1.807) is 0 Å². The lowest BCUT2D eigenvalue weighted by atomic mass is 10.0. The molecule has 0 spiro atoms. The second kappa shape index (κ2) is 7.09. The molecular weight excluding hydrogens is 284 g/mol. The molecular formula is C19H26N4. The van der Waals surface area contributed by atoms with Gasteiger partial charge in [0.15, 0.2) is 0 Å². The molecule has 1 N–H and O–H groups in total. The number of nitrogens with one attached hydrogen (secondary N) is 1. The molecule has 1 aromatic heterocycles. The summed E-state index contributed by atoms with van der Waals surface area (Å²) in [6.07, 6.45) is 3.48. The van der Waals surface area contributed by atoms with Crippen LogP contribution >= 0.6 is 0 Å². The summed E-state index contributed by atoms with van der Waals surface area (Å²) in [5.74, 6) is 0.887. The molecule has 122 valence electrons. The maximum absolute atomic E-state index is 4.48. The lowest BCUT2D eigenvalue weighted by Crippen LogP contribution is -2.39. The van der Waals surface area contributed by atoms with E-state index in [2.05, 4.69) is 71.6 Å². The molecule has 1 aromatic carbocycles. The van der Waals surface area contributed by atoms with Crippen molar-refractivity contribution in [2.75, 3.05) is 25.5 Å². The van der Waals surface area contributed by atoms with Crippen LogP contribution in [0.5, 0.6) is 0 Å². The zero-order valence-electron chi connectivity index (χ0n) is 14.3. The van der Waals surface area contributed by atoms with E-state index in [-0.39, 0.29) is 0 Å². The van der Waals surface area contributed by atoms with Crippen LogP contribution in [-0.4, -0.2) is 41.3 Å². The summed E-state index contributed by atoms with van der Waals surface area (Å²) in [5.41, 5.74) is 4.63. The minimum atomic E-state index is 0.469. The molecule has 1 aliphatic rings. The van der Waals surface area contributed by atoms with E-state index < -0.39 is 0 Å². The minimum absolute atomic E-state index is 0.469. The molecule has 0 aliphatic carbocycles. The molecule has 0 radical (unpaired) electrons. The van der Waals surface area contributed by atoms with Crippen molar-refractivity contribution in [2.24, 2.45) is 0 Å². The first kappa shape index (κ1) is 15.9. The highest BCUT2D eigenvalue weighted by Gasteiger charge is 2.17. The van der Waals surface area contributed by atoms with Gasteiger partial charge in [0.25, 0.3) is 0 Å². The number of anilines is 1. The standard InChI is InChI=1S/C19H26N4/c1-4-15-7-5-8-16(12-15)19-14(2)11-18(21-22-19)20-17-9-6-10-23(3)13-17/h5,7-8,11-12,17H,4,6,9-10,13H2,1-3H3,(H,20,21)/t17-/m1/s1. The van der Waals surface area contributed by atoms with Gasteiger partial charge in [-0.25, -0.2) is 0 Å². The number of hydrogen-bond donors (Lipinski definition) is 1. The second-order valence-electron chi connectivity index (χ2n) is 6.56. The number of aromatic nitrogens is 2. The van der Waals surface area contributed by atoms with Crippen molar-refractivity contribution in [1.82, 2.24) is 15.1 Å². The SMILES string of the molecule is CCc1cccc(-c2nnc(N[C@@H]3CCCN(C)C3)cc2C)c1. The van der Waals surface area contributed by atoms with Gasteiger partial charge in [-0.2, -0.15) is 0 Å². The summed E-state index contributed by atoms with van der Waals surface area (Å²) in [6, 6.07) is 11.2. The molecule has 1 atom stereocenters. The molecule has 3 rings (SSSR count). The second-order valence-corrected chi connectivity index (χ2v) is 6.56. The average molecular weight is 310 g/mol. The maximum atomic E-state index is 4.48. The fraction of sp³-hybridized carbons (Fsp3) is 0.474. The number of hydrogen-bond acceptors (Lipinski definition) is 4. The third kappa shape index (κ3) is 3.88. The molecule has 0 amide bonds. The molecule has 0 saturated carbocycles. The Bertz CT molecular complexity index is 668. The van der Waals surface area contributed by atoms with Crippen molar-refractivity contribution in [3.05, 3.63) is 41.5 Å². The van der Waals surface area contributed by atoms with E-state index in [1.807, 2.05) is 0 Å². The predicted octanol–water partition coefficient (Wildman–Crippen LogP) is 3.52. The third-order valence-corrected chi connectivity index (χ3v) is 4.57. The number of nitrogens with zero attached hydrogens (tertiary/aromatic N) is 3. The Labute approximate surface area is 138 Å². The van der Waals surface area contributed by atoms with E-state index in [9.17, 15) is 0 Å². The molecule has 2 heterocycles. The van der Waals surface area contributed by atoms with Gasteiger partial charge in [-0.3, -0.25) is 0 Å². The van der Waals surface area contributed by atoms with Crippen molar-refractivity contribution in [3.8, 4) is 11.3 Å². The Kier molecular flexibility index (Phi) is 4.91. The van der Waals surface area contributed by atoms with Gasteiger partial charge < -0.3 is 10.2 Å². The van der Waals surface area contributed by atoms with E-state index in [0.717, 1.165) is 30.0 Å². The van der Waals surface area contributed by atoms with Gasteiger partial charge in [0.05, 0.1) is 5.69 Å². The smallest absolute Gasteiger partial charge is 0.149 e. The largest absolute Gasteiger partial charge is 0.365 e. The molecule has 0 bridgehead atoms. The lowest BCUT2D eigenvalue weighted by molar-refractivity contribution is 0.260. The van der Waals surface area contributed by atoms with Gasteiger partial charge in [-0.1, -0.05) is 25.1 Å². The fourth-order valence-corrected chi connectivity index (χ4v) is 3.27. The van der Waals surface area contributed by atoms with Crippen LogP contribution in [0.2, 0.25) is 0 Å². The van der Waals surface area contributed by atoms with Crippen LogP contribution in [0.4, 0.5) is 5.82 Å². The summed E-state index contributed by atoms with van der Waals surface area (Å²) < 4.78 is 0. The van der Waals surface area contributed by atoms with Crippen LogP contribution in [0, 0.1) is 6.92 Å². The number of rotatable bonds is 4. The highest BCUT2D eigenvalue weighted by Crippen LogP contribution is 2.23. The highest BCUT2D eigenvalue weighted by molar-refractivity contribution is 5.64. The van der Waals surface area contributed by atoms with Crippen LogP contribution < -0.4 is 5.32 Å². The van der Waals surface area contributed by atoms with Crippen molar-refractivity contribution >= 4 is 5.82 Å². The lowest BCUT2D eigenvalue weighted by Gasteiger charge is -2.30. The number of benzene rings is 1. The summed E-state index contributed by atoms with van der Waals surface area (Å²) in [6.45, 7) is 6.54. The number of piperidine rings is 1. The van der Waals surface area contributed by atoms with Crippen LogP contribution in [0.1, 0.15) is 30.9 Å². The number of likely N-dealkylation sites (N-methyl/N-ethyl adjacent to an activating group) is 1. The quantitative estimate of drug-likeness (QED) is 0.938. The normalized spacial score (nSPS) is 18.8. The van der Waals surface area contributed by atoms with Gasteiger partial charge in [0.2, 0.25) is 0 Å². The molecule has 1 aliphatic heterocycles. The van der Waals surface area contributed by atoms with Gasteiger partial charge in [-0.05, 0) is 63.0 Å². The van der Waals surface area contributed by atoms with Crippen LogP contribution in [0.3, 0.4) is 0 Å². The maximum Gasteiger partial charge on any atom is 0.149 e. The first-order valence-electron chi connectivity index (χ1n) is 8.54. The minimum Gasteiger partial charge on any atom is -0.365 e. The first-order chi connectivity index (χ1) is 11.2. The van der Waals surface area contributed by atoms with Gasteiger partial charge >= 0.3 is 0 Å². The van der Waals surface area contributed by atoms with Crippen molar-refractivity contribution < 1.29 is 0 Å². The monoisotopic (exact) mass is 310 g/mol. The van der Waals surface area contributed by atoms with Crippen LogP contribution in [-0.2, 0) is 6.42 Å². The van der Waals surface area contributed by atoms with Gasteiger partial charge in [0.1, 0.15) is 5.82 Å². The number of likely N-dealkylation sites (tertiary alicyclic amines) is 1. The topological polar surface area (TPSA) is 41.1 Å². The van der Waals surface area contributed by atoms with Crippen molar-refractivity contribution in [3.63, 3.8) is 0 Å². The molecule has 2 aromatic rings. The Morgan fingerprint density at radius 1 is 1.26 bits per heavy atom. The Balaban J connectivity index is 1.77. The molecule has 4 nitrogen and oxygen atoms in total. The average Bonchev–Trinajstić information content (AvgIpc) is 2.55. The highest BCUT2D eigenvalue weighted by atomic mass is 15.2. The van der Waals surface area contributed by atoms with Crippen molar-refractivity contribution in [2.45, 2.75) is 39.2 Å². The van der Waals surface area contributed by atoms with E-state index in [4.69, 9.17) is 0 Å². The number of aryl methyl sites for hydroxylation is 2. The summed E-state index contributed by atoms with van der Waals surface area (Å²) in [5, 5.41) is 12.4. The summed E-state index contributed by atoms with van der Waals surface area (Å²) >= 11 is 0. The summed E-state index contributed by atoms with van der Waals surface area (Å²) in [4.78, 5) is 2.37. The van der Waals surface area contributed by atoms with Gasteiger partial charge in [0, 0.05) is 18.2 Å². The van der Waals surface area contributed by atoms with E-state index in [1.165, 1.54) is 30.5 Å². The van der Waals surface area contributed by atoms with E-state index in [0.29, 0.717) is 6.04 Å². The Morgan fingerprint density at radius 3 is 2.87 bits per heavy atom. The summed E-state index contributed by atoms with van der Waals surface area (Å²) in [7, 11) is 2.18. The molecule has 4 heteroatoms. The first-order valence-corrected chi connectivity index (χ1v) is 8.54. The van der Waals surface area contributed by atoms with Crippen LogP contribution in [0.15, 0.2) is 30.3 Å². The molecule has 23 heavy (non-hydrogen) atoms. The zero-order chi connectivity index (χ0) is 16.2. The molecule has 0 unspecified atom stereocenters. The van der Waals surface area contributed by atoms with Crippen molar-refractivity contribution in [1.29, 1.82) is 0 Å².